The second-order valence-electron chi connectivity index (χ2n) is 19.1. The molecule has 2 fully saturated rings. The Kier molecular flexibility index (Phi) is 11.7. The Labute approximate surface area is 378 Å². The van der Waals surface area contributed by atoms with Crippen LogP contribution in [-0.2, 0) is 22.3 Å². The second-order valence-corrected chi connectivity index (χ2v) is 21.4. The summed E-state index contributed by atoms with van der Waals surface area (Å²) in [4.78, 5) is 0. The predicted octanol–water partition coefficient (Wildman–Crippen LogP) is 15.1. The molecule has 10 rings (SSSR count). The van der Waals surface area contributed by atoms with Gasteiger partial charge in [-0.05, 0) is 28.6 Å². The molecule has 6 aliphatic rings. The molecule has 0 saturated heterocycles. The minimum absolute atomic E-state index is 0.00615. The molecule has 6 aliphatic carbocycles. The number of allylic oxidation sites excluding steroid dienone is 16. The first-order chi connectivity index (χ1) is 29.3. The fourth-order valence-electron chi connectivity index (χ4n) is 12.6. The standard InChI is InChI=1S/C29H37.2C13H10.C5H5.Zr/c1-21-14-13-15-22-20-27(6)25(4)18-10-9-16-23(25,2)24(3)17-11-12-19-26(24,5)29(27,8)28(21,22)7;2*1-11-7-9-13(10-8-11)12-5-3-2-4-6-12;1-2-4-5-3-1;/h9-20,22H,1-8H3;2*1-10H;1-3H,4H2;/q-1;;;-1;. The molecule has 0 bridgehead atoms. The van der Waals surface area contributed by atoms with Crippen molar-refractivity contribution in [2.45, 2.75) is 61.8 Å². The molecule has 0 spiro atoms. The molecule has 4 aromatic rings. The third-order valence-corrected chi connectivity index (χ3v) is 19.6. The molecule has 0 aromatic heterocycles. The molecule has 61 heavy (non-hydrogen) atoms. The van der Waals surface area contributed by atoms with Crippen LogP contribution >= 0.6 is 0 Å². The summed E-state index contributed by atoms with van der Waals surface area (Å²) in [6, 6.07) is 38.9. The van der Waals surface area contributed by atoms with Gasteiger partial charge in [0.05, 0.1) is 0 Å². The van der Waals surface area contributed by atoms with E-state index in [-0.39, 0.29) is 37.9 Å². The summed E-state index contributed by atoms with van der Waals surface area (Å²) in [7, 11) is 0. The van der Waals surface area contributed by atoms with Gasteiger partial charge < -0.3 is 6.42 Å². The Morgan fingerprint density at radius 3 is 1.46 bits per heavy atom. The van der Waals surface area contributed by atoms with E-state index in [4.69, 9.17) is 0 Å². The monoisotopic (exact) mass is 872 g/mol. The van der Waals surface area contributed by atoms with Crippen LogP contribution in [-0.4, -0.2) is 7.42 Å². The Hall–Kier alpha value is -4.58. The molecule has 2 saturated carbocycles. The van der Waals surface area contributed by atoms with Crippen LogP contribution in [0.5, 0.6) is 0 Å². The van der Waals surface area contributed by atoms with Gasteiger partial charge in [0.1, 0.15) is 0 Å². The van der Waals surface area contributed by atoms with E-state index >= 15 is 0 Å². The maximum atomic E-state index is 2.99. The van der Waals surface area contributed by atoms with E-state index in [2.05, 4.69) is 257 Å². The molecular weight excluding hydrogens is 812 g/mol. The maximum absolute atomic E-state index is 2.99. The fourth-order valence-corrected chi connectivity index (χ4v) is 14.7. The molecule has 308 valence electrons. The molecule has 0 amide bonds. The molecule has 0 aliphatic heterocycles. The van der Waals surface area contributed by atoms with Crippen LogP contribution in [0.25, 0.3) is 22.3 Å². The van der Waals surface area contributed by atoms with Crippen molar-refractivity contribution in [2.24, 2.45) is 43.8 Å². The quantitative estimate of drug-likeness (QED) is 0.179. The van der Waals surface area contributed by atoms with Gasteiger partial charge in [-0.2, -0.15) is 6.08 Å². The first kappa shape index (κ1) is 43.1. The van der Waals surface area contributed by atoms with E-state index < -0.39 is 22.3 Å². The first-order valence-corrected chi connectivity index (χ1v) is 25.0. The number of hydrogen-bond acceptors (Lipinski definition) is 0. The predicted molar refractivity (Wildman–Crippen MR) is 260 cm³/mol. The molecule has 4 aromatic carbocycles. The van der Waals surface area contributed by atoms with Crippen LogP contribution in [0.2, 0.25) is 0 Å². The van der Waals surface area contributed by atoms with E-state index in [1.165, 1.54) is 39.0 Å². The Balaban J connectivity index is 0.000000151. The summed E-state index contributed by atoms with van der Waals surface area (Å²) in [6.45, 7) is 20.3. The van der Waals surface area contributed by atoms with Crippen molar-refractivity contribution in [3.63, 3.8) is 0 Å². The van der Waals surface area contributed by atoms with Crippen LogP contribution in [0.3, 0.4) is 0 Å². The second kappa shape index (κ2) is 16.6. The van der Waals surface area contributed by atoms with Gasteiger partial charge in [0, 0.05) is 10.8 Å². The Morgan fingerprint density at radius 2 is 1.00 bits per heavy atom. The zero-order valence-electron chi connectivity index (χ0n) is 37.5. The molecule has 0 nitrogen and oxygen atoms in total. The topological polar surface area (TPSA) is 0 Å². The van der Waals surface area contributed by atoms with Gasteiger partial charge in [-0.3, -0.25) is 6.08 Å². The van der Waals surface area contributed by atoms with Crippen LogP contribution in [0.4, 0.5) is 0 Å². The van der Waals surface area contributed by atoms with E-state index in [9.17, 15) is 0 Å². The van der Waals surface area contributed by atoms with Gasteiger partial charge in [-0.1, -0.05) is 115 Å². The first-order valence-electron chi connectivity index (χ1n) is 22.2. The van der Waals surface area contributed by atoms with Crippen molar-refractivity contribution >= 4 is 7.42 Å². The molecule has 0 radical (unpaired) electrons. The fraction of sp³-hybridized carbons (Fsp3) is 0.283. The van der Waals surface area contributed by atoms with Crippen LogP contribution < -0.4 is 0 Å². The van der Waals surface area contributed by atoms with E-state index in [1.54, 1.807) is 0 Å². The number of fused-ring (bicyclic) bond motifs is 8. The van der Waals surface area contributed by atoms with Gasteiger partial charge >= 0.3 is 172 Å². The molecular formula is C60H62Zr-2. The number of hydrogen-bond donors (Lipinski definition) is 0. The summed E-state index contributed by atoms with van der Waals surface area (Å²) in [5, 5.41) is 0. The van der Waals surface area contributed by atoms with Crippen molar-refractivity contribution in [1.82, 2.24) is 0 Å². The van der Waals surface area contributed by atoms with Crippen LogP contribution in [0.1, 0.15) is 72.9 Å². The summed E-state index contributed by atoms with van der Waals surface area (Å²) < 4.78 is 4.87. The van der Waals surface area contributed by atoms with E-state index in [0.717, 1.165) is 6.42 Å². The third-order valence-electron chi connectivity index (χ3n) is 17.2. The van der Waals surface area contributed by atoms with Gasteiger partial charge in [-0.25, -0.2) is 12.2 Å². The summed E-state index contributed by atoms with van der Waals surface area (Å²) >= 11 is -0.679. The van der Waals surface area contributed by atoms with Crippen molar-refractivity contribution in [2.75, 3.05) is 0 Å². The zero-order valence-corrected chi connectivity index (χ0v) is 39.9. The van der Waals surface area contributed by atoms with Crippen LogP contribution in [0.15, 0.2) is 200 Å². The molecule has 0 heterocycles. The van der Waals surface area contributed by atoms with Gasteiger partial charge in [0.15, 0.2) is 0 Å². The molecule has 1 heteroatoms. The average Bonchev–Trinajstić information content (AvgIpc) is 3.94. The van der Waals surface area contributed by atoms with Gasteiger partial charge in [-0.15, -0.1) is 23.8 Å². The number of rotatable bonds is 4. The van der Waals surface area contributed by atoms with Crippen molar-refractivity contribution in [3.8, 4) is 22.3 Å². The summed E-state index contributed by atoms with van der Waals surface area (Å²) in [6.07, 6.45) is 39.3. The Bertz CT molecular complexity index is 2460. The van der Waals surface area contributed by atoms with Gasteiger partial charge in [0.2, 0.25) is 0 Å². The van der Waals surface area contributed by atoms with E-state index in [0.29, 0.717) is 5.92 Å². The van der Waals surface area contributed by atoms with Gasteiger partial charge in [0.25, 0.3) is 0 Å². The van der Waals surface area contributed by atoms with Crippen molar-refractivity contribution in [1.29, 1.82) is 0 Å². The minimum atomic E-state index is -0.679. The third kappa shape index (κ3) is 6.63. The summed E-state index contributed by atoms with van der Waals surface area (Å²) in [5.74, 6) is 0.460. The summed E-state index contributed by atoms with van der Waals surface area (Å²) in [5.41, 5.74) is 9.49. The zero-order chi connectivity index (χ0) is 43.0. The molecule has 8 unspecified atom stereocenters. The van der Waals surface area contributed by atoms with E-state index in [1.807, 2.05) is 12.2 Å². The van der Waals surface area contributed by atoms with Crippen LogP contribution in [0, 0.1) is 56.3 Å². The molecule has 8 atom stereocenters. The molecule has 0 N–H and O–H groups in total. The number of benzene rings is 4. The van der Waals surface area contributed by atoms with Crippen molar-refractivity contribution < 1.29 is 22.3 Å². The van der Waals surface area contributed by atoms with Crippen molar-refractivity contribution in [3.05, 3.63) is 223 Å². The average molecular weight is 874 g/mol. The Morgan fingerprint density at radius 1 is 0.541 bits per heavy atom. The SMILES string of the molecule is CC1=CC=CC2[CH-]C3(C)C4(C)C=CC=CC4(C)C4(C)C=CC=CC4(C)C3(C)C12C.[C-]1=CC=CC1.[CH](=[Zr]=[CH]c1ccc(-c2ccccc2)cc1)c1ccc(-c2ccccc2)cc1. The normalized spacial score (nSPS) is 34.0.